The molecule has 2 aromatic heterocycles. The summed E-state index contributed by atoms with van der Waals surface area (Å²) in [5.41, 5.74) is 2.63. The maximum atomic E-state index is 6.12. The maximum Gasteiger partial charge on any atom is 0.128 e. The average molecular weight is 395 g/mol. The van der Waals surface area contributed by atoms with E-state index >= 15 is 0 Å². The van der Waals surface area contributed by atoms with Crippen LogP contribution in [0.25, 0.3) is 10.2 Å². The van der Waals surface area contributed by atoms with Crippen LogP contribution in [-0.4, -0.2) is 9.97 Å². The summed E-state index contributed by atoms with van der Waals surface area (Å²) in [7, 11) is 0. The Morgan fingerprint density at radius 2 is 2.12 bits per heavy atom. The van der Waals surface area contributed by atoms with Crippen LogP contribution in [-0.2, 0) is 18.6 Å². The molecule has 0 amide bonds. The van der Waals surface area contributed by atoms with Gasteiger partial charge in [0.05, 0.1) is 10.0 Å². The summed E-state index contributed by atoms with van der Waals surface area (Å²) in [5.74, 6) is 1.59. The van der Waals surface area contributed by atoms with Crippen LogP contribution in [0.4, 0.5) is 0 Å². The van der Waals surface area contributed by atoms with Crippen molar-refractivity contribution in [1.82, 2.24) is 9.97 Å². The van der Waals surface area contributed by atoms with E-state index in [4.69, 9.17) is 23.2 Å². The fourth-order valence-corrected chi connectivity index (χ4v) is 5.84. The van der Waals surface area contributed by atoms with E-state index in [2.05, 4.69) is 16.9 Å². The Kier molecular flexibility index (Phi) is 4.74. The van der Waals surface area contributed by atoms with Crippen LogP contribution in [0.15, 0.2) is 29.6 Å². The van der Waals surface area contributed by atoms with Crippen LogP contribution in [0.1, 0.15) is 29.3 Å². The fourth-order valence-electron chi connectivity index (χ4n) is 3.14. The smallest absolute Gasteiger partial charge is 0.128 e. The van der Waals surface area contributed by atoms with Gasteiger partial charge in [-0.1, -0.05) is 36.2 Å². The maximum absolute atomic E-state index is 6.12. The summed E-state index contributed by atoms with van der Waals surface area (Å²) in [6, 6.07) is 5.80. The molecule has 2 nitrogen and oxygen atoms in total. The Morgan fingerprint density at radius 1 is 1.25 bits per heavy atom. The Morgan fingerprint density at radius 3 is 2.96 bits per heavy atom. The van der Waals surface area contributed by atoms with Crippen molar-refractivity contribution < 1.29 is 0 Å². The van der Waals surface area contributed by atoms with Crippen LogP contribution in [0.5, 0.6) is 0 Å². The molecular weight excluding hydrogens is 379 g/mol. The van der Waals surface area contributed by atoms with Crippen LogP contribution < -0.4 is 0 Å². The van der Waals surface area contributed by atoms with Gasteiger partial charge in [-0.3, -0.25) is 0 Å². The number of nitrogens with zero attached hydrogens (tertiary/aromatic N) is 2. The molecule has 4 rings (SSSR count). The Hall–Kier alpha value is -0.810. The predicted octanol–water partition coefficient (Wildman–Crippen LogP) is 6.42. The number of hydrogen-bond acceptors (Lipinski definition) is 4. The summed E-state index contributed by atoms with van der Waals surface area (Å²) < 4.78 is 0. The lowest BCUT2D eigenvalue weighted by molar-refractivity contribution is 0.509. The number of rotatable bonds is 3. The molecule has 24 heavy (non-hydrogen) atoms. The Balaban J connectivity index is 1.65. The number of aryl methyl sites for hydroxylation is 1. The lowest BCUT2D eigenvalue weighted by atomic mass is 9.89. The zero-order valence-electron chi connectivity index (χ0n) is 13.2. The molecule has 0 N–H and O–H groups in total. The van der Waals surface area contributed by atoms with Crippen molar-refractivity contribution in [2.45, 2.75) is 37.0 Å². The predicted molar refractivity (Wildman–Crippen MR) is 105 cm³/mol. The molecule has 0 fully saturated rings. The summed E-state index contributed by atoms with van der Waals surface area (Å²) in [5, 5.41) is 3.55. The number of fused-ring (bicyclic) bond motifs is 3. The molecule has 6 heteroatoms. The lowest BCUT2D eigenvalue weighted by Crippen LogP contribution is -2.08. The van der Waals surface area contributed by atoms with Gasteiger partial charge in [0, 0.05) is 16.0 Å². The average Bonchev–Trinajstić information content (AvgIpc) is 2.93. The molecule has 1 atom stereocenters. The highest BCUT2D eigenvalue weighted by atomic mass is 35.5. The number of hydrogen-bond donors (Lipinski definition) is 0. The van der Waals surface area contributed by atoms with Gasteiger partial charge in [-0.2, -0.15) is 0 Å². The first-order chi connectivity index (χ1) is 11.6. The van der Waals surface area contributed by atoms with E-state index in [0.29, 0.717) is 10.0 Å². The Bertz CT molecular complexity index is 907. The first kappa shape index (κ1) is 16.6. The van der Waals surface area contributed by atoms with Crippen LogP contribution in [0.2, 0.25) is 10.0 Å². The third kappa shape index (κ3) is 3.17. The highest BCUT2D eigenvalue weighted by Crippen LogP contribution is 2.41. The quantitative estimate of drug-likeness (QED) is 0.378. The molecule has 1 aliphatic rings. The van der Waals surface area contributed by atoms with E-state index in [-0.39, 0.29) is 0 Å². The van der Waals surface area contributed by atoms with Gasteiger partial charge >= 0.3 is 0 Å². The largest absolute Gasteiger partial charge is 0.229 e. The van der Waals surface area contributed by atoms with Crippen molar-refractivity contribution in [1.29, 1.82) is 0 Å². The van der Waals surface area contributed by atoms with E-state index in [1.54, 1.807) is 18.1 Å². The topological polar surface area (TPSA) is 25.8 Å². The molecule has 0 saturated carbocycles. The van der Waals surface area contributed by atoms with E-state index in [0.717, 1.165) is 33.5 Å². The number of halogens is 2. The minimum Gasteiger partial charge on any atom is -0.229 e. The minimum atomic E-state index is 0.593. The third-order valence-corrected chi connectivity index (χ3v) is 7.38. The summed E-state index contributed by atoms with van der Waals surface area (Å²) in [6.07, 6.45) is 5.26. The number of thioether (sulfide) groups is 1. The van der Waals surface area contributed by atoms with Crippen molar-refractivity contribution in [2.24, 2.45) is 5.92 Å². The molecule has 3 aromatic rings. The molecule has 0 radical (unpaired) electrons. The van der Waals surface area contributed by atoms with Crippen LogP contribution in [0.3, 0.4) is 0 Å². The van der Waals surface area contributed by atoms with Crippen molar-refractivity contribution in [3.8, 4) is 0 Å². The second-order valence-corrected chi connectivity index (χ2v) is 9.11. The first-order valence-electron chi connectivity index (χ1n) is 7.94. The molecule has 124 valence electrons. The minimum absolute atomic E-state index is 0.593. The molecule has 1 aromatic carbocycles. The Labute approximate surface area is 159 Å². The zero-order chi connectivity index (χ0) is 16.7. The standard InChI is InChI=1S/C18H16Cl2N2S2/c1-10-2-4-12-15(6-10)24-18-16(12)17(21-9-22-18)23-8-11-3-5-13(19)14(20)7-11/h3,5,7,9-10H,2,4,6,8H2,1H3. The molecule has 1 aliphatic carbocycles. The number of benzene rings is 1. The molecule has 0 saturated heterocycles. The number of thiophene rings is 1. The van der Waals surface area contributed by atoms with Crippen molar-refractivity contribution in [3.05, 3.63) is 50.6 Å². The first-order valence-corrected chi connectivity index (χ1v) is 10.5. The highest BCUT2D eigenvalue weighted by Gasteiger charge is 2.23. The van der Waals surface area contributed by atoms with Crippen molar-refractivity contribution in [3.63, 3.8) is 0 Å². The zero-order valence-corrected chi connectivity index (χ0v) is 16.3. The summed E-state index contributed by atoms with van der Waals surface area (Å²) in [4.78, 5) is 11.7. The van der Waals surface area contributed by atoms with Gasteiger partial charge in [0.25, 0.3) is 0 Å². The molecule has 0 aliphatic heterocycles. The van der Waals surface area contributed by atoms with Crippen molar-refractivity contribution in [2.75, 3.05) is 0 Å². The normalized spacial score (nSPS) is 17.2. The van der Waals surface area contributed by atoms with Gasteiger partial charge in [0.2, 0.25) is 0 Å². The SMILES string of the molecule is CC1CCc2c(sc3ncnc(SCc4ccc(Cl)c(Cl)c4)c23)C1. The second kappa shape index (κ2) is 6.83. The number of aromatic nitrogens is 2. The van der Waals surface area contributed by atoms with Gasteiger partial charge < -0.3 is 0 Å². The van der Waals surface area contributed by atoms with E-state index in [1.807, 2.05) is 29.5 Å². The molecule has 0 bridgehead atoms. The third-order valence-electron chi connectivity index (χ3n) is 4.42. The fraction of sp³-hybridized carbons (Fsp3) is 0.333. The molecule has 0 spiro atoms. The van der Waals surface area contributed by atoms with E-state index < -0.39 is 0 Å². The van der Waals surface area contributed by atoms with Gasteiger partial charge in [-0.15, -0.1) is 23.1 Å². The highest BCUT2D eigenvalue weighted by molar-refractivity contribution is 7.98. The molecular formula is C18H16Cl2N2S2. The van der Waals surface area contributed by atoms with Crippen molar-refractivity contribution >= 4 is 56.5 Å². The molecule has 1 unspecified atom stereocenters. The van der Waals surface area contributed by atoms with Gasteiger partial charge in [0.1, 0.15) is 16.2 Å². The van der Waals surface area contributed by atoms with Gasteiger partial charge in [-0.05, 0) is 48.4 Å². The summed E-state index contributed by atoms with van der Waals surface area (Å²) in [6.45, 7) is 2.33. The summed E-state index contributed by atoms with van der Waals surface area (Å²) >= 11 is 15.7. The van der Waals surface area contributed by atoms with E-state index in [1.165, 1.54) is 28.7 Å². The van der Waals surface area contributed by atoms with Crippen LogP contribution in [0, 0.1) is 5.92 Å². The monoisotopic (exact) mass is 394 g/mol. The van der Waals surface area contributed by atoms with Gasteiger partial charge in [0.15, 0.2) is 0 Å². The van der Waals surface area contributed by atoms with Gasteiger partial charge in [-0.25, -0.2) is 9.97 Å². The molecule has 2 heterocycles. The van der Waals surface area contributed by atoms with Crippen LogP contribution >= 0.6 is 46.3 Å². The van der Waals surface area contributed by atoms with E-state index in [9.17, 15) is 0 Å². The lowest BCUT2D eigenvalue weighted by Gasteiger charge is -2.18. The second-order valence-electron chi connectivity index (χ2n) is 6.25.